The van der Waals surface area contributed by atoms with Crippen LogP contribution in [-0.2, 0) is 20.0 Å². The smallest absolute Gasteiger partial charge is 0.262 e. The van der Waals surface area contributed by atoms with E-state index in [-0.39, 0.29) is 29.4 Å². The van der Waals surface area contributed by atoms with Crippen LogP contribution in [0.1, 0.15) is 13.8 Å². The molecule has 0 atom stereocenters. The lowest BCUT2D eigenvalue weighted by Gasteiger charge is -2.20. The summed E-state index contributed by atoms with van der Waals surface area (Å²) in [7, 11) is -6.89. The highest BCUT2D eigenvalue weighted by Gasteiger charge is 2.25. The van der Waals surface area contributed by atoms with Gasteiger partial charge in [-0.1, -0.05) is 13.8 Å². The van der Waals surface area contributed by atoms with Crippen molar-refractivity contribution in [2.24, 2.45) is 0 Å². The van der Waals surface area contributed by atoms with Crippen molar-refractivity contribution in [3.63, 3.8) is 0 Å². The predicted octanol–water partition coefficient (Wildman–Crippen LogP) is 2.80. The van der Waals surface area contributed by atoms with Crippen LogP contribution >= 0.6 is 0 Å². The number of hydrogen-bond donors (Lipinski definition) is 1. The molecular weight excluding hydrogens is 414 g/mol. The van der Waals surface area contributed by atoms with Gasteiger partial charge in [0.25, 0.3) is 10.0 Å². The van der Waals surface area contributed by atoms with Gasteiger partial charge in [0.2, 0.25) is 10.0 Å². The van der Waals surface area contributed by atoms with Crippen molar-refractivity contribution in [1.29, 1.82) is 0 Å². The molecule has 28 heavy (non-hydrogen) atoms. The molecule has 1 N–H and O–H groups in total. The first kappa shape index (κ1) is 22.1. The Bertz CT molecular complexity index is 1070. The van der Waals surface area contributed by atoms with Crippen molar-refractivity contribution in [1.82, 2.24) is 4.31 Å². The van der Waals surface area contributed by atoms with Crippen LogP contribution in [0.25, 0.3) is 0 Å². The summed E-state index contributed by atoms with van der Waals surface area (Å²) in [4.78, 5) is -0.662. The molecule has 0 bridgehead atoms. The third kappa shape index (κ3) is 4.42. The maximum atomic E-state index is 13.4. The molecule has 2 aromatic carbocycles. The summed E-state index contributed by atoms with van der Waals surface area (Å²) in [6.07, 6.45) is 0. The highest BCUT2D eigenvalue weighted by Crippen LogP contribution is 2.31. The fourth-order valence-corrected chi connectivity index (χ4v) is 5.05. The van der Waals surface area contributed by atoms with Crippen LogP contribution in [0.2, 0.25) is 0 Å². The molecule has 0 amide bonds. The summed E-state index contributed by atoms with van der Waals surface area (Å²) in [5.41, 5.74) is -0.152. The first-order chi connectivity index (χ1) is 13.1. The fraction of sp³-hybridized carbons (Fsp3) is 0.294. The van der Waals surface area contributed by atoms with Crippen molar-refractivity contribution in [2.75, 3.05) is 24.9 Å². The van der Waals surface area contributed by atoms with Gasteiger partial charge in [-0.05, 0) is 36.4 Å². The van der Waals surface area contributed by atoms with Crippen molar-refractivity contribution < 1.29 is 30.4 Å². The van der Waals surface area contributed by atoms with Crippen molar-refractivity contribution in [2.45, 2.75) is 23.6 Å². The Morgan fingerprint density at radius 1 is 0.929 bits per heavy atom. The molecule has 0 aromatic heterocycles. The van der Waals surface area contributed by atoms with Gasteiger partial charge in [0, 0.05) is 13.1 Å². The monoisotopic (exact) mass is 434 g/mol. The standard InChI is InChI=1S/C17H20F2N2O5S2/c1-4-21(5-2)28(24,25)13-7-9-17(26-3)16(11-13)20-27(22,23)12-6-8-14(18)15(19)10-12/h6-11,20H,4-5H2,1-3H3. The summed E-state index contributed by atoms with van der Waals surface area (Å²) in [6, 6.07) is 5.82. The summed E-state index contributed by atoms with van der Waals surface area (Å²) in [6.45, 7) is 3.83. The Labute approximate surface area is 163 Å². The molecule has 0 fully saturated rings. The van der Waals surface area contributed by atoms with Crippen LogP contribution in [0.3, 0.4) is 0 Å². The second-order valence-corrected chi connectivity index (χ2v) is 9.25. The number of anilines is 1. The maximum Gasteiger partial charge on any atom is 0.262 e. The molecule has 0 aliphatic heterocycles. The van der Waals surface area contributed by atoms with Crippen LogP contribution in [0, 0.1) is 11.6 Å². The predicted molar refractivity (Wildman–Crippen MR) is 100 cm³/mol. The average molecular weight is 434 g/mol. The van der Waals surface area contributed by atoms with Crippen LogP contribution in [0.4, 0.5) is 14.5 Å². The normalized spacial score (nSPS) is 12.2. The second kappa shape index (κ2) is 8.41. The zero-order valence-electron chi connectivity index (χ0n) is 15.4. The summed E-state index contributed by atoms with van der Waals surface area (Å²) in [5.74, 6) is -2.46. The van der Waals surface area contributed by atoms with Crippen molar-refractivity contribution in [3.05, 3.63) is 48.0 Å². The van der Waals surface area contributed by atoms with Crippen molar-refractivity contribution in [3.8, 4) is 5.75 Å². The Morgan fingerprint density at radius 2 is 1.54 bits per heavy atom. The van der Waals surface area contributed by atoms with Gasteiger partial charge < -0.3 is 4.74 Å². The van der Waals surface area contributed by atoms with Crippen LogP contribution in [0.15, 0.2) is 46.2 Å². The molecule has 2 rings (SSSR count). The first-order valence-electron chi connectivity index (χ1n) is 8.22. The summed E-state index contributed by atoms with van der Waals surface area (Å²) < 4.78 is 85.3. The van der Waals surface area contributed by atoms with Gasteiger partial charge in [-0.25, -0.2) is 25.6 Å². The van der Waals surface area contributed by atoms with Crippen LogP contribution in [0.5, 0.6) is 5.75 Å². The van der Waals surface area contributed by atoms with Gasteiger partial charge in [-0.15, -0.1) is 0 Å². The number of sulfonamides is 2. The molecular formula is C17H20F2N2O5S2. The number of rotatable bonds is 8. The molecule has 154 valence electrons. The summed E-state index contributed by atoms with van der Waals surface area (Å²) in [5, 5.41) is 0. The third-order valence-corrected chi connectivity index (χ3v) is 7.37. The first-order valence-corrected chi connectivity index (χ1v) is 11.1. The van der Waals surface area contributed by atoms with E-state index in [1.54, 1.807) is 13.8 Å². The molecule has 0 radical (unpaired) electrons. The molecule has 0 spiro atoms. The topological polar surface area (TPSA) is 92.8 Å². The van der Waals surface area contributed by atoms with Gasteiger partial charge in [0.1, 0.15) is 5.75 Å². The fourth-order valence-electron chi connectivity index (χ4n) is 2.49. The minimum atomic E-state index is -4.32. The zero-order valence-corrected chi connectivity index (χ0v) is 17.1. The largest absolute Gasteiger partial charge is 0.495 e. The van der Waals surface area contributed by atoms with E-state index in [1.165, 1.54) is 23.5 Å². The molecule has 0 saturated carbocycles. The number of benzene rings is 2. The third-order valence-electron chi connectivity index (χ3n) is 3.96. The quantitative estimate of drug-likeness (QED) is 0.690. The Kier molecular flexibility index (Phi) is 6.63. The maximum absolute atomic E-state index is 13.4. The Morgan fingerprint density at radius 3 is 2.07 bits per heavy atom. The lowest BCUT2D eigenvalue weighted by molar-refractivity contribution is 0.416. The van der Waals surface area contributed by atoms with E-state index < -0.39 is 36.6 Å². The number of hydrogen-bond acceptors (Lipinski definition) is 5. The van der Waals surface area contributed by atoms with E-state index in [0.29, 0.717) is 12.1 Å². The van der Waals surface area contributed by atoms with Crippen LogP contribution in [-0.4, -0.2) is 41.3 Å². The van der Waals surface area contributed by atoms with E-state index in [0.717, 1.165) is 12.1 Å². The number of methoxy groups -OCH3 is 1. The van der Waals surface area contributed by atoms with E-state index >= 15 is 0 Å². The van der Waals surface area contributed by atoms with Crippen molar-refractivity contribution >= 4 is 25.7 Å². The molecule has 0 aliphatic rings. The van der Waals surface area contributed by atoms with Crippen LogP contribution < -0.4 is 9.46 Å². The lowest BCUT2D eigenvalue weighted by atomic mass is 10.3. The average Bonchev–Trinajstić information content (AvgIpc) is 2.64. The number of nitrogens with one attached hydrogen (secondary N) is 1. The van der Waals surface area contributed by atoms with Gasteiger partial charge in [-0.2, -0.15) is 4.31 Å². The van der Waals surface area contributed by atoms with E-state index in [1.807, 2.05) is 0 Å². The molecule has 0 aliphatic carbocycles. The van der Waals surface area contributed by atoms with E-state index in [4.69, 9.17) is 4.74 Å². The summed E-state index contributed by atoms with van der Waals surface area (Å²) >= 11 is 0. The molecule has 0 heterocycles. The van der Waals surface area contributed by atoms with Gasteiger partial charge >= 0.3 is 0 Å². The molecule has 0 unspecified atom stereocenters. The minimum absolute atomic E-state index is 0.0599. The van der Waals surface area contributed by atoms with Gasteiger partial charge in [0.15, 0.2) is 11.6 Å². The SMILES string of the molecule is CCN(CC)S(=O)(=O)c1ccc(OC)c(NS(=O)(=O)c2ccc(F)c(F)c2)c1. The molecule has 11 heteroatoms. The number of ether oxygens (including phenoxy) is 1. The highest BCUT2D eigenvalue weighted by atomic mass is 32.2. The molecule has 7 nitrogen and oxygen atoms in total. The number of halogens is 2. The van der Waals surface area contributed by atoms with Gasteiger partial charge in [0.05, 0.1) is 22.6 Å². The van der Waals surface area contributed by atoms with E-state index in [2.05, 4.69) is 4.72 Å². The zero-order chi connectivity index (χ0) is 21.1. The molecule has 0 saturated heterocycles. The Balaban J connectivity index is 2.51. The highest BCUT2D eigenvalue weighted by molar-refractivity contribution is 7.92. The Hall–Kier alpha value is -2.24. The minimum Gasteiger partial charge on any atom is -0.495 e. The lowest BCUT2D eigenvalue weighted by Crippen LogP contribution is -2.30. The number of nitrogens with zero attached hydrogens (tertiary/aromatic N) is 1. The second-order valence-electron chi connectivity index (χ2n) is 5.63. The van der Waals surface area contributed by atoms with E-state index in [9.17, 15) is 25.6 Å². The molecule has 2 aromatic rings. The van der Waals surface area contributed by atoms with Gasteiger partial charge in [-0.3, -0.25) is 4.72 Å².